The van der Waals surface area contributed by atoms with E-state index in [1.807, 2.05) is 0 Å². The van der Waals surface area contributed by atoms with Crippen molar-refractivity contribution in [2.75, 3.05) is 0 Å². The third-order valence-electron chi connectivity index (χ3n) is 0.980. The van der Waals surface area contributed by atoms with Gasteiger partial charge in [-0.15, -0.1) is 12.4 Å². The highest BCUT2D eigenvalue weighted by atomic mass is 35.5. The minimum Gasteiger partial charge on any atom is -0.364 e. The lowest BCUT2D eigenvalue weighted by Gasteiger charge is -1.91. The van der Waals surface area contributed by atoms with Crippen molar-refractivity contribution < 1.29 is 4.79 Å². The van der Waals surface area contributed by atoms with Crippen LogP contribution in [0.25, 0.3) is 0 Å². The maximum absolute atomic E-state index is 10.4. The maximum atomic E-state index is 10.4. The molecule has 1 aromatic heterocycles. The number of rotatable bonds is 1. The molecular formula is C6H6Cl2N2O. The quantitative estimate of drug-likeness (QED) is 0.729. The van der Waals surface area contributed by atoms with Crippen LogP contribution < -0.4 is 5.73 Å². The van der Waals surface area contributed by atoms with Gasteiger partial charge in [-0.2, -0.15) is 0 Å². The molecule has 1 heterocycles. The molecular weight excluding hydrogens is 187 g/mol. The van der Waals surface area contributed by atoms with Gasteiger partial charge >= 0.3 is 0 Å². The summed E-state index contributed by atoms with van der Waals surface area (Å²) in [5.41, 5.74) is 5.15. The molecule has 60 valence electrons. The summed E-state index contributed by atoms with van der Waals surface area (Å²) in [5, 5.41) is 0.491. The molecule has 0 saturated carbocycles. The molecule has 0 aromatic carbocycles. The minimum absolute atomic E-state index is 0. The van der Waals surface area contributed by atoms with E-state index in [1.165, 1.54) is 12.3 Å². The number of halogens is 2. The molecule has 0 bridgehead atoms. The summed E-state index contributed by atoms with van der Waals surface area (Å²) in [6.07, 6.45) is 1.38. The molecule has 1 rings (SSSR count). The standard InChI is InChI=1S/C6H5ClN2O.ClH/c7-4-1-2-5(6(8)10)9-3-4;/h1-3H,(H2,8,10);1H. The van der Waals surface area contributed by atoms with Crippen LogP contribution in [0.3, 0.4) is 0 Å². The van der Waals surface area contributed by atoms with Crippen LogP contribution in [-0.2, 0) is 0 Å². The molecule has 0 aliphatic carbocycles. The fourth-order valence-corrected chi connectivity index (χ4v) is 0.633. The van der Waals surface area contributed by atoms with Gasteiger partial charge in [0.05, 0.1) is 5.02 Å². The van der Waals surface area contributed by atoms with Gasteiger partial charge in [0.25, 0.3) is 5.91 Å². The molecule has 0 atom stereocenters. The number of nitrogens with zero attached hydrogens (tertiary/aromatic N) is 1. The van der Waals surface area contributed by atoms with E-state index in [4.69, 9.17) is 17.3 Å². The van der Waals surface area contributed by atoms with Crippen molar-refractivity contribution in [3.05, 3.63) is 29.0 Å². The van der Waals surface area contributed by atoms with Crippen molar-refractivity contribution in [2.45, 2.75) is 0 Å². The second kappa shape index (κ2) is 4.16. The van der Waals surface area contributed by atoms with E-state index in [-0.39, 0.29) is 18.1 Å². The van der Waals surface area contributed by atoms with Gasteiger partial charge in [0.2, 0.25) is 0 Å². The highest BCUT2D eigenvalue weighted by Gasteiger charge is 1.98. The molecule has 0 fully saturated rings. The zero-order chi connectivity index (χ0) is 7.56. The van der Waals surface area contributed by atoms with Gasteiger partial charge in [0.15, 0.2) is 0 Å². The van der Waals surface area contributed by atoms with Crippen molar-refractivity contribution in [3.63, 3.8) is 0 Å². The molecule has 0 radical (unpaired) electrons. The van der Waals surface area contributed by atoms with Crippen molar-refractivity contribution in [1.82, 2.24) is 4.98 Å². The first-order valence-corrected chi connectivity index (χ1v) is 2.99. The highest BCUT2D eigenvalue weighted by Crippen LogP contribution is 2.04. The Balaban J connectivity index is 0.000001000. The topological polar surface area (TPSA) is 56.0 Å². The van der Waals surface area contributed by atoms with Crippen molar-refractivity contribution in [3.8, 4) is 0 Å². The molecule has 3 nitrogen and oxygen atoms in total. The number of pyridine rings is 1. The van der Waals surface area contributed by atoms with Crippen LogP contribution >= 0.6 is 24.0 Å². The van der Waals surface area contributed by atoms with E-state index in [2.05, 4.69) is 4.98 Å². The van der Waals surface area contributed by atoms with Gasteiger partial charge in [-0.1, -0.05) is 11.6 Å². The third kappa shape index (κ3) is 2.74. The average molecular weight is 193 g/mol. The van der Waals surface area contributed by atoms with Crippen LogP contribution in [-0.4, -0.2) is 10.9 Å². The normalized spacial score (nSPS) is 8.45. The molecule has 0 spiro atoms. The lowest BCUT2D eigenvalue weighted by atomic mass is 10.3. The lowest BCUT2D eigenvalue weighted by Crippen LogP contribution is -2.12. The molecule has 1 amide bonds. The molecule has 11 heavy (non-hydrogen) atoms. The van der Waals surface area contributed by atoms with Crippen LogP contribution in [0, 0.1) is 0 Å². The Hall–Kier alpha value is -0.800. The van der Waals surface area contributed by atoms with Gasteiger partial charge in [0.1, 0.15) is 5.69 Å². The Morgan fingerprint density at radius 1 is 1.55 bits per heavy atom. The molecule has 0 saturated heterocycles. The predicted octanol–water partition coefficient (Wildman–Crippen LogP) is 1.26. The summed E-state index contributed by atoms with van der Waals surface area (Å²) in [7, 11) is 0. The fourth-order valence-electron chi connectivity index (χ4n) is 0.522. The smallest absolute Gasteiger partial charge is 0.267 e. The van der Waals surface area contributed by atoms with Gasteiger partial charge in [-0.3, -0.25) is 4.79 Å². The van der Waals surface area contributed by atoms with Crippen molar-refractivity contribution in [1.29, 1.82) is 0 Å². The number of amides is 1. The number of carbonyl (C=O) groups is 1. The number of aromatic nitrogens is 1. The Labute approximate surface area is 75.0 Å². The number of nitrogens with two attached hydrogens (primary N) is 1. The van der Waals surface area contributed by atoms with Gasteiger partial charge < -0.3 is 5.73 Å². The first-order chi connectivity index (χ1) is 4.70. The van der Waals surface area contributed by atoms with E-state index in [9.17, 15) is 4.79 Å². The monoisotopic (exact) mass is 192 g/mol. The summed E-state index contributed by atoms with van der Waals surface area (Å²) >= 11 is 5.50. The van der Waals surface area contributed by atoms with E-state index in [1.54, 1.807) is 6.07 Å². The molecule has 0 aliphatic heterocycles. The molecule has 0 aliphatic rings. The zero-order valence-electron chi connectivity index (χ0n) is 5.45. The van der Waals surface area contributed by atoms with Crippen LogP contribution in [0.4, 0.5) is 0 Å². The molecule has 2 N–H and O–H groups in total. The Morgan fingerprint density at radius 2 is 2.18 bits per heavy atom. The summed E-state index contributed by atoms with van der Waals surface area (Å²) in [6.45, 7) is 0. The zero-order valence-corrected chi connectivity index (χ0v) is 7.02. The Morgan fingerprint density at radius 3 is 2.55 bits per heavy atom. The fraction of sp³-hybridized carbons (Fsp3) is 0. The number of primary amides is 1. The first kappa shape index (κ1) is 10.2. The number of hydrogen-bond acceptors (Lipinski definition) is 2. The SMILES string of the molecule is Cl.NC(=O)c1ccc(Cl)cn1. The van der Waals surface area contributed by atoms with Gasteiger partial charge in [-0.05, 0) is 12.1 Å². The Bertz CT molecular complexity index is 247. The predicted molar refractivity (Wildman–Crippen MR) is 45.0 cm³/mol. The molecule has 1 aromatic rings. The molecule has 5 heteroatoms. The molecule has 0 unspecified atom stereocenters. The van der Waals surface area contributed by atoms with Gasteiger partial charge in [-0.25, -0.2) is 4.98 Å². The largest absolute Gasteiger partial charge is 0.364 e. The van der Waals surface area contributed by atoms with E-state index in [0.29, 0.717) is 5.02 Å². The van der Waals surface area contributed by atoms with Crippen molar-refractivity contribution in [2.24, 2.45) is 5.73 Å². The highest BCUT2D eigenvalue weighted by molar-refractivity contribution is 6.30. The van der Waals surface area contributed by atoms with E-state index >= 15 is 0 Å². The lowest BCUT2D eigenvalue weighted by molar-refractivity contribution is 0.0995. The van der Waals surface area contributed by atoms with Gasteiger partial charge in [0, 0.05) is 6.20 Å². The van der Waals surface area contributed by atoms with Crippen LogP contribution in [0.2, 0.25) is 5.02 Å². The van der Waals surface area contributed by atoms with Crippen LogP contribution in [0.5, 0.6) is 0 Å². The number of hydrogen-bond donors (Lipinski definition) is 1. The second-order valence-corrected chi connectivity index (χ2v) is 2.16. The van der Waals surface area contributed by atoms with E-state index < -0.39 is 5.91 Å². The van der Waals surface area contributed by atoms with Crippen LogP contribution in [0.1, 0.15) is 10.5 Å². The van der Waals surface area contributed by atoms with Crippen LogP contribution in [0.15, 0.2) is 18.3 Å². The number of carbonyl (C=O) groups excluding carboxylic acids is 1. The van der Waals surface area contributed by atoms with Crippen molar-refractivity contribution >= 4 is 29.9 Å². The summed E-state index contributed by atoms with van der Waals surface area (Å²) in [4.78, 5) is 14.1. The third-order valence-corrected chi connectivity index (χ3v) is 1.20. The summed E-state index contributed by atoms with van der Waals surface area (Å²) in [5.74, 6) is -0.545. The minimum atomic E-state index is -0.545. The average Bonchev–Trinajstić information content (AvgIpc) is 1.88. The first-order valence-electron chi connectivity index (χ1n) is 2.61. The Kier molecular flexibility index (Phi) is 3.85. The second-order valence-electron chi connectivity index (χ2n) is 1.73. The summed E-state index contributed by atoms with van der Waals surface area (Å²) in [6, 6.07) is 3.04. The summed E-state index contributed by atoms with van der Waals surface area (Å²) < 4.78 is 0. The maximum Gasteiger partial charge on any atom is 0.267 e. The van der Waals surface area contributed by atoms with E-state index in [0.717, 1.165) is 0 Å².